The van der Waals surface area contributed by atoms with Crippen molar-refractivity contribution < 1.29 is 5.11 Å². The topological polar surface area (TPSA) is 38.0 Å². The van der Waals surface area contributed by atoms with E-state index in [4.69, 9.17) is 11.6 Å². The summed E-state index contributed by atoms with van der Waals surface area (Å²) in [4.78, 5) is 0. The molecule has 0 aliphatic carbocycles. The highest BCUT2D eigenvalue weighted by atomic mass is 35.5. The van der Waals surface area contributed by atoms with Crippen LogP contribution in [0, 0.1) is 0 Å². The lowest BCUT2D eigenvalue weighted by molar-refractivity contribution is 0.194. The third kappa shape index (κ3) is 1.38. The summed E-state index contributed by atoms with van der Waals surface area (Å²) in [7, 11) is 1.81. The number of alkyl halides is 1. The van der Waals surface area contributed by atoms with Gasteiger partial charge in [0, 0.05) is 12.4 Å². The van der Waals surface area contributed by atoms with Gasteiger partial charge < -0.3 is 5.11 Å². The molecule has 0 radical (unpaired) electrons. The number of aliphatic hydroxyl groups is 1. The molecule has 0 fully saturated rings. The van der Waals surface area contributed by atoms with E-state index in [1.165, 1.54) is 0 Å². The smallest absolute Gasteiger partial charge is 0.110 e. The Morgan fingerprint density at radius 2 is 2.21 bits per heavy atom. The Morgan fingerprint density at radius 1 is 1.50 bits per heavy atom. The van der Waals surface area contributed by atoms with Gasteiger partial charge in [-0.05, 0) is 6.07 Å². The van der Waals surface area contributed by atoms with Gasteiger partial charge in [-0.15, -0.1) is 11.6 Å². The number of aliphatic hydroxyl groups excluding tert-OH is 1. The van der Waals surface area contributed by atoms with E-state index in [1.54, 1.807) is 4.68 Å². The zero-order valence-corrected chi connectivity index (χ0v) is 8.57. The van der Waals surface area contributed by atoms with Crippen molar-refractivity contribution in [3.05, 3.63) is 30.0 Å². The van der Waals surface area contributed by atoms with Crippen LogP contribution in [-0.2, 0) is 7.05 Å². The van der Waals surface area contributed by atoms with Crippen LogP contribution in [0.3, 0.4) is 0 Å². The van der Waals surface area contributed by atoms with Crippen LogP contribution < -0.4 is 0 Å². The summed E-state index contributed by atoms with van der Waals surface area (Å²) < 4.78 is 1.68. The molecule has 1 atom stereocenters. The van der Waals surface area contributed by atoms with Crippen LogP contribution in [0.2, 0.25) is 0 Å². The molecule has 0 amide bonds. The lowest BCUT2D eigenvalue weighted by Gasteiger charge is -2.07. The van der Waals surface area contributed by atoms with Crippen LogP contribution >= 0.6 is 11.6 Å². The monoisotopic (exact) mass is 210 g/mol. The average molecular weight is 211 g/mol. The van der Waals surface area contributed by atoms with Crippen molar-refractivity contribution in [2.45, 2.75) is 6.10 Å². The van der Waals surface area contributed by atoms with Crippen LogP contribution in [0.15, 0.2) is 24.3 Å². The Balaban J connectivity index is 2.67. The van der Waals surface area contributed by atoms with E-state index >= 15 is 0 Å². The van der Waals surface area contributed by atoms with E-state index < -0.39 is 6.10 Å². The molecule has 2 aromatic rings. The maximum absolute atomic E-state index is 9.70. The molecule has 0 bridgehead atoms. The predicted octanol–water partition coefficient (Wildman–Crippen LogP) is 1.85. The van der Waals surface area contributed by atoms with Crippen molar-refractivity contribution in [1.82, 2.24) is 9.78 Å². The molecule has 1 heterocycles. The van der Waals surface area contributed by atoms with E-state index in [1.807, 2.05) is 31.3 Å². The van der Waals surface area contributed by atoms with Crippen molar-refractivity contribution >= 4 is 22.5 Å². The minimum Gasteiger partial charge on any atom is -0.386 e. The van der Waals surface area contributed by atoms with Gasteiger partial charge in [-0.3, -0.25) is 4.68 Å². The highest BCUT2D eigenvalue weighted by molar-refractivity contribution is 6.18. The second-order valence-corrected chi connectivity index (χ2v) is 3.50. The first-order valence-corrected chi connectivity index (χ1v) is 4.93. The maximum Gasteiger partial charge on any atom is 0.110 e. The number of fused-ring (bicyclic) bond motifs is 1. The van der Waals surface area contributed by atoms with Crippen molar-refractivity contribution in [2.24, 2.45) is 7.05 Å². The highest BCUT2D eigenvalue weighted by Gasteiger charge is 2.15. The minimum atomic E-state index is -0.658. The van der Waals surface area contributed by atoms with E-state index in [0.717, 1.165) is 16.6 Å². The summed E-state index contributed by atoms with van der Waals surface area (Å²) in [6, 6.07) is 7.70. The normalized spacial score (nSPS) is 13.4. The third-order valence-corrected chi connectivity index (χ3v) is 2.54. The fraction of sp³-hybridized carbons (Fsp3) is 0.300. The number of rotatable bonds is 2. The van der Waals surface area contributed by atoms with Crippen molar-refractivity contribution in [1.29, 1.82) is 0 Å². The van der Waals surface area contributed by atoms with Gasteiger partial charge >= 0.3 is 0 Å². The molecule has 1 aromatic heterocycles. The predicted molar refractivity (Wildman–Crippen MR) is 56.4 cm³/mol. The zero-order valence-electron chi connectivity index (χ0n) is 7.81. The Labute approximate surface area is 86.9 Å². The molecular weight excluding hydrogens is 200 g/mol. The van der Waals surface area contributed by atoms with Gasteiger partial charge in [0.15, 0.2) is 0 Å². The Bertz CT molecular complexity index is 452. The Morgan fingerprint density at radius 3 is 2.93 bits per heavy atom. The lowest BCUT2D eigenvalue weighted by atomic mass is 10.1. The summed E-state index contributed by atoms with van der Waals surface area (Å²) in [5.41, 5.74) is 1.66. The van der Waals surface area contributed by atoms with Gasteiger partial charge in [0.1, 0.15) is 6.10 Å². The standard InChI is InChI=1S/C10H11ClN2O/c1-13-10(9(14)6-11)7-4-2-3-5-8(7)12-13/h2-5,9,14H,6H2,1H3. The molecule has 0 spiro atoms. The Kier molecular flexibility index (Phi) is 2.44. The third-order valence-electron chi connectivity index (χ3n) is 2.25. The molecule has 0 saturated heterocycles. The van der Waals surface area contributed by atoms with Gasteiger partial charge in [-0.2, -0.15) is 5.10 Å². The molecule has 2 rings (SSSR count). The maximum atomic E-state index is 9.70. The molecule has 4 heteroatoms. The molecule has 1 aromatic carbocycles. The second-order valence-electron chi connectivity index (χ2n) is 3.20. The van der Waals surface area contributed by atoms with Crippen molar-refractivity contribution in [2.75, 3.05) is 5.88 Å². The van der Waals surface area contributed by atoms with Gasteiger partial charge in [-0.1, -0.05) is 18.2 Å². The van der Waals surface area contributed by atoms with Crippen LogP contribution in [-0.4, -0.2) is 20.8 Å². The molecule has 74 valence electrons. The van der Waals surface area contributed by atoms with Crippen LogP contribution in [0.5, 0.6) is 0 Å². The van der Waals surface area contributed by atoms with Crippen LogP contribution in [0.1, 0.15) is 11.8 Å². The lowest BCUT2D eigenvalue weighted by Crippen LogP contribution is -2.06. The molecule has 0 saturated carbocycles. The van der Waals surface area contributed by atoms with Crippen molar-refractivity contribution in [3.63, 3.8) is 0 Å². The number of aromatic nitrogens is 2. The minimum absolute atomic E-state index is 0.184. The largest absolute Gasteiger partial charge is 0.386 e. The fourth-order valence-corrected chi connectivity index (χ4v) is 1.78. The number of hydrogen-bond donors (Lipinski definition) is 1. The number of hydrogen-bond acceptors (Lipinski definition) is 2. The Hall–Kier alpha value is -1.06. The summed E-state index contributed by atoms with van der Waals surface area (Å²) in [6.07, 6.45) is -0.658. The van der Waals surface area contributed by atoms with E-state index in [2.05, 4.69) is 5.10 Å². The van der Waals surface area contributed by atoms with Gasteiger partial charge in [0.2, 0.25) is 0 Å². The summed E-state index contributed by atoms with van der Waals surface area (Å²) in [5.74, 6) is 0.184. The SMILES string of the molecule is Cn1nc2ccccc2c1C(O)CCl. The highest BCUT2D eigenvalue weighted by Crippen LogP contribution is 2.23. The molecule has 3 nitrogen and oxygen atoms in total. The van der Waals surface area contributed by atoms with Gasteiger partial charge in [-0.25, -0.2) is 0 Å². The number of halogens is 1. The van der Waals surface area contributed by atoms with E-state index in [9.17, 15) is 5.11 Å². The second kappa shape index (κ2) is 3.59. The summed E-state index contributed by atoms with van der Waals surface area (Å²) >= 11 is 5.62. The van der Waals surface area contributed by atoms with E-state index in [0.29, 0.717) is 0 Å². The first kappa shape index (κ1) is 9.49. The number of aryl methyl sites for hydroxylation is 1. The van der Waals surface area contributed by atoms with Gasteiger partial charge in [0.05, 0.1) is 17.1 Å². The molecule has 0 aliphatic rings. The number of nitrogens with zero attached hydrogens (tertiary/aromatic N) is 2. The first-order valence-electron chi connectivity index (χ1n) is 4.39. The quantitative estimate of drug-likeness (QED) is 0.769. The molecule has 14 heavy (non-hydrogen) atoms. The van der Waals surface area contributed by atoms with Crippen LogP contribution in [0.4, 0.5) is 0 Å². The summed E-state index contributed by atoms with van der Waals surface area (Å²) in [5, 5.41) is 14.9. The van der Waals surface area contributed by atoms with Crippen LogP contribution in [0.25, 0.3) is 10.9 Å². The van der Waals surface area contributed by atoms with Crippen molar-refractivity contribution in [3.8, 4) is 0 Å². The fourth-order valence-electron chi connectivity index (χ4n) is 1.64. The van der Waals surface area contributed by atoms with Gasteiger partial charge in [0.25, 0.3) is 0 Å². The molecule has 1 N–H and O–H groups in total. The van der Waals surface area contributed by atoms with E-state index in [-0.39, 0.29) is 5.88 Å². The molecule has 0 aliphatic heterocycles. The number of benzene rings is 1. The first-order chi connectivity index (χ1) is 6.74. The summed E-state index contributed by atoms with van der Waals surface area (Å²) in [6.45, 7) is 0. The zero-order chi connectivity index (χ0) is 10.1. The molecule has 1 unspecified atom stereocenters. The molecular formula is C10H11ClN2O. The average Bonchev–Trinajstić information content (AvgIpc) is 2.53.